The van der Waals surface area contributed by atoms with Crippen molar-refractivity contribution in [2.45, 2.75) is 0 Å². The molecule has 4 nitrogen and oxygen atoms in total. The Kier molecular flexibility index (Phi) is 7.29. The van der Waals surface area contributed by atoms with Crippen molar-refractivity contribution in [2.75, 3.05) is 5.32 Å². The van der Waals surface area contributed by atoms with E-state index in [2.05, 4.69) is 10.3 Å². The number of benzene rings is 3. The second-order valence-electron chi connectivity index (χ2n) is 6.64. The van der Waals surface area contributed by atoms with Gasteiger partial charge in [0.1, 0.15) is 0 Å². The van der Waals surface area contributed by atoms with Gasteiger partial charge in [-0.2, -0.15) is 0 Å². The first-order chi connectivity index (χ1) is 14.4. The minimum absolute atomic E-state index is 0. The highest BCUT2D eigenvalue weighted by molar-refractivity contribution is 6.36. The van der Waals surface area contributed by atoms with Crippen molar-refractivity contribution in [2.24, 2.45) is 7.05 Å². The fourth-order valence-corrected chi connectivity index (χ4v) is 3.84. The van der Waals surface area contributed by atoms with E-state index in [9.17, 15) is 4.79 Å². The molecule has 8 heteroatoms. The summed E-state index contributed by atoms with van der Waals surface area (Å²) in [5, 5.41) is 4.47. The van der Waals surface area contributed by atoms with E-state index in [1.54, 1.807) is 41.9 Å². The second-order valence-corrected chi connectivity index (χ2v) is 7.92. The maximum absolute atomic E-state index is 13.0. The molecule has 31 heavy (non-hydrogen) atoms. The lowest BCUT2D eigenvalue weighted by molar-refractivity contribution is 0.101. The number of rotatable bonds is 4. The number of halogens is 4. The quantitative estimate of drug-likeness (QED) is 0.322. The van der Waals surface area contributed by atoms with E-state index in [1.807, 2.05) is 42.5 Å². The number of nitrogens with one attached hydrogen (secondary N) is 1. The molecule has 0 saturated carbocycles. The van der Waals surface area contributed by atoms with Gasteiger partial charge in [0.05, 0.1) is 16.4 Å². The normalized spacial score (nSPS) is 10.5. The maximum Gasteiger partial charge on any atom is 0.291 e. The predicted molar refractivity (Wildman–Crippen MR) is 131 cm³/mol. The highest BCUT2D eigenvalue weighted by Crippen LogP contribution is 2.37. The van der Waals surface area contributed by atoms with Crippen LogP contribution in [0, 0.1) is 0 Å². The summed E-state index contributed by atoms with van der Waals surface area (Å²) in [6.07, 6.45) is 0. The number of carbonyl (C=O) groups is 1. The molecule has 3 aromatic carbocycles. The fraction of sp³-hybridized carbons (Fsp3) is 0.0435. The van der Waals surface area contributed by atoms with E-state index in [4.69, 9.17) is 34.8 Å². The third kappa shape index (κ3) is 4.89. The van der Waals surface area contributed by atoms with Gasteiger partial charge in [0.2, 0.25) is 0 Å². The van der Waals surface area contributed by atoms with Gasteiger partial charge in [-0.25, -0.2) is 4.98 Å². The molecule has 158 valence electrons. The van der Waals surface area contributed by atoms with Gasteiger partial charge in [-0.1, -0.05) is 65.1 Å². The molecular formula is C23H17Cl4N3O. The number of anilines is 1. The molecular weight excluding hydrogens is 476 g/mol. The third-order valence-corrected chi connectivity index (χ3v) is 5.43. The zero-order chi connectivity index (χ0) is 21.3. The van der Waals surface area contributed by atoms with Crippen LogP contribution in [-0.2, 0) is 7.05 Å². The van der Waals surface area contributed by atoms with Crippen molar-refractivity contribution in [3.8, 4) is 22.5 Å². The average molecular weight is 493 g/mol. The summed E-state index contributed by atoms with van der Waals surface area (Å²) < 4.78 is 1.75. The van der Waals surface area contributed by atoms with Crippen molar-refractivity contribution in [3.05, 3.63) is 93.7 Å². The molecule has 1 N–H and O–H groups in total. The van der Waals surface area contributed by atoms with E-state index < -0.39 is 0 Å². The topological polar surface area (TPSA) is 46.9 Å². The van der Waals surface area contributed by atoms with Crippen LogP contribution >= 0.6 is 47.2 Å². The van der Waals surface area contributed by atoms with Gasteiger partial charge in [-0.15, -0.1) is 12.4 Å². The number of hydrogen-bond acceptors (Lipinski definition) is 2. The molecule has 0 spiro atoms. The minimum Gasteiger partial charge on any atom is -0.322 e. The van der Waals surface area contributed by atoms with Gasteiger partial charge in [-0.05, 0) is 42.5 Å². The summed E-state index contributed by atoms with van der Waals surface area (Å²) in [5.41, 5.74) is 3.55. The summed E-state index contributed by atoms with van der Waals surface area (Å²) in [7, 11) is 1.80. The average Bonchev–Trinajstić information content (AvgIpc) is 3.06. The number of carbonyl (C=O) groups excluding carboxylic acids is 1. The van der Waals surface area contributed by atoms with Crippen LogP contribution in [0.15, 0.2) is 72.8 Å². The van der Waals surface area contributed by atoms with Gasteiger partial charge in [0, 0.05) is 33.9 Å². The molecule has 1 aromatic heterocycles. The molecule has 0 unspecified atom stereocenters. The first kappa shape index (κ1) is 23.2. The van der Waals surface area contributed by atoms with Gasteiger partial charge in [0.25, 0.3) is 5.91 Å². The monoisotopic (exact) mass is 491 g/mol. The highest BCUT2D eigenvalue weighted by atomic mass is 35.5. The zero-order valence-electron chi connectivity index (χ0n) is 16.3. The Labute approximate surface area is 201 Å². The van der Waals surface area contributed by atoms with Crippen LogP contribution in [0.4, 0.5) is 5.69 Å². The van der Waals surface area contributed by atoms with Crippen molar-refractivity contribution in [3.63, 3.8) is 0 Å². The number of amides is 1. The van der Waals surface area contributed by atoms with Crippen molar-refractivity contribution in [1.29, 1.82) is 0 Å². The molecule has 0 aliphatic rings. The Bertz CT molecular complexity index is 1220. The Morgan fingerprint density at radius 1 is 0.903 bits per heavy atom. The molecule has 1 amide bonds. The Balaban J connectivity index is 0.00000272. The first-order valence-corrected chi connectivity index (χ1v) is 10.2. The highest BCUT2D eigenvalue weighted by Gasteiger charge is 2.23. The van der Waals surface area contributed by atoms with Crippen LogP contribution < -0.4 is 5.32 Å². The maximum atomic E-state index is 13.0. The fourth-order valence-electron chi connectivity index (χ4n) is 3.22. The zero-order valence-corrected chi connectivity index (χ0v) is 19.4. The number of para-hydroxylation sites is 1. The molecule has 1 heterocycles. The molecule has 0 aliphatic carbocycles. The third-order valence-electron chi connectivity index (χ3n) is 4.63. The van der Waals surface area contributed by atoms with Crippen molar-refractivity contribution in [1.82, 2.24) is 9.55 Å². The van der Waals surface area contributed by atoms with E-state index in [-0.39, 0.29) is 24.1 Å². The standard InChI is InChI=1S/C23H16Cl3N3O.ClH/c1-29-21(14-7-9-15(24)10-8-14)20(18-12-11-16(25)13-19(18)26)28-22(29)23(30)27-17-5-3-2-4-6-17;/h2-13H,1H3,(H,27,30);1H. The smallest absolute Gasteiger partial charge is 0.291 e. The number of hydrogen-bond donors (Lipinski definition) is 1. The van der Waals surface area contributed by atoms with Crippen LogP contribution in [0.2, 0.25) is 15.1 Å². The first-order valence-electron chi connectivity index (χ1n) is 9.08. The van der Waals surface area contributed by atoms with Gasteiger partial charge < -0.3 is 9.88 Å². The van der Waals surface area contributed by atoms with Crippen molar-refractivity contribution < 1.29 is 4.79 Å². The lowest BCUT2D eigenvalue weighted by Crippen LogP contribution is -2.17. The molecule has 0 saturated heterocycles. The van der Waals surface area contributed by atoms with Gasteiger partial charge in [0.15, 0.2) is 5.82 Å². The van der Waals surface area contributed by atoms with Crippen LogP contribution in [0.25, 0.3) is 22.5 Å². The van der Waals surface area contributed by atoms with E-state index in [0.29, 0.717) is 32.0 Å². The Hall–Kier alpha value is -2.50. The number of imidazole rings is 1. The summed E-state index contributed by atoms with van der Waals surface area (Å²) in [6.45, 7) is 0. The summed E-state index contributed by atoms with van der Waals surface area (Å²) in [4.78, 5) is 17.6. The Morgan fingerprint density at radius 2 is 1.55 bits per heavy atom. The van der Waals surface area contributed by atoms with Gasteiger partial charge in [-0.3, -0.25) is 4.79 Å². The number of aromatic nitrogens is 2. The molecule has 0 bridgehead atoms. The van der Waals surface area contributed by atoms with E-state index >= 15 is 0 Å². The summed E-state index contributed by atoms with van der Waals surface area (Å²) in [5.74, 6) is -0.0694. The molecule has 0 fully saturated rings. The molecule has 0 radical (unpaired) electrons. The molecule has 4 rings (SSSR count). The summed E-state index contributed by atoms with van der Waals surface area (Å²) in [6, 6.07) is 21.8. The lowest BCUT2D eigenvalue weighted by Gasteiger charge is -2.09. The SMILES string of the molecule is Cl.Cn1c(C(=O)Nc2ccccc2)nc(-c2ccc(Cl)cc2Cl)c1-c1ccc(Cl)cc1. The van der Waals surface area contributed by atoms with Crippen LogP contribution in [0.1, 0.15) is 10.6 Å². The molecule has 0 aliphatic heterocycles. The summed E-state index contributed by atoms with van der Waals surface area (Å²) >= 11 is 18.6. The van der Waals surface area contributed by atoms with Crippen LogP contribution in [-0.4, -0.2) is 15.5 Å². The molecule has 4 aromatic rings. The van der Waals surface area contributed by atoms with Crippen LogP contribution in [0.5, 0.6) is 0 Å². The van der Waals surface area contributed by atoms with Crippen molar-refractivity contribution >= 4 is 58.8 Å². The lowest BCUT2D eigenvalue weighted by atomic mass is 10.0. The molecule has 0 atom stereocenters. The predicted octanol–water partition coefficient (Wildman–Crippen LogP) is 7.39. The second kappa shape index (κ2) is 9.75. The Morgan fingerprint density at radius 3 is 2.19 bits per heavy atom. The van der Waals surface area contributed by atoms with E-state index in [1.165, 1.54) is 0 Å². The van der Waals surface area contributed by atoms with Crippen LogP contribution in [0.3, 0.4) is 0 Å². The minimum atomic E-state index is -0.324. The number of nitrogens with zero attached hydrogens (tertiary/aromatic N) is 2. The van der Waals surface area contributed by atoms with Gasteiger partial charge >= 0.3 is 0 Å². The van der Waals surface area contributed by atoms with E-state index in [0.717, 1.165) is 11.3 Å². The largest absolute Gasteiger partial charge is 0.322 e.